The quantitative estimate of drug-likeness (QED) is 0.804. The summed E-state index contributed by atoms with van der Waals surface area (Å²) in [5.41, 5.74) is 2.72. The van der Waals surface area contributed by atoms with Crippen LogP contribution in [0.25, 0.3) is 0 Å². The lowest BCUT2D eigenvalue weighted by Gasteiger charge is -2.14. The van der Waals surface area contributed by atoms with Gasteiger partial charge in [-0.05, 0) is 54.7 Å². The van der Waals surface area contributed by atoms with Crippen molar-refractivity contribution in [3.63, 3.8) is 0 Å². The van der Waals surface area contributed by atoms with Gasteiger partial charge in [0.1, 0.15) is 17.7 Å². The highest BCUT2D eigenvalue weighted by Gasteiger charge is 2.18. The Hall–Kier alpha value is -2.47. The normalized spacial score (nSPS) is 14.1. The second-order valence-corrected chi connectivity index (χ2v) is 5.82. The number of carbonyl (C=O) groups is 1. The molecule has 0 aromatic heterocycles. The van der Waals surface area contributed by atoms with E-state index in [2.05, 4.69) is 10.6 Å². The topological polar surface area (TPSA) is 61.4 Å². The second kappa shape index (κ2) is 6.97. The molecule has 0 fully saturated rings. The van der Waals surface area contributed by atoms with Crippen molar-refractivity contribution in [3.8, 4) is 0 Å². The molecule has 126 valence electrons. The molecule has 1 atom stereocenters. The van der Waals surface area contributed by atoms with Gasteiger partial charge in [0.25, 0.3) is 0 Å². The van der Waals surface area contributed by atoms with Crippen molar-refractivity contribution in [1.29, 1.82) is 0 Å². The minimum absolute atomic E-state index is 0.297. The average Bonchev–Trinajstić information content (AvgIpc) is 3.00. The Kier molecular flexibility index (Phi) is 4.76. The Bertz CT molecular complexity index is 744. The third-order valence-electron chi connectivity index (χ3n) is 4.15. The first-order chi connectivity index (χ1) is 11.5. The third kappa shape index (κ3) is 3.54. The molecule has 6 heteroatoms. The summed E-state index contributed by atoms with van der Waals surface area (Å²) in [4.78, 5) is 11.9. The van der Waals surface area contributed by atoms with E-state index in [4.69, 9.17) is 0 Å². The number of nitrogens with one attached hydrogen (secondary N) is 2. The van der Waals surface area contributed by atoms with Gasteiger partial charge in [0.05, 0.1) is 5.56 Å². The van der Waals surface area contributed by atoms with Crippen molar-refractivity contribution in [2.24, 2.45) is 0 Å². The number of hydrogen-bond donors (Lipinski definition) is 3. The number of rotatable bonds is 4. The maximum atomic E-state index is 13.6. The Balaban J connectivity index is 1.57. The van der Waals surface area contributed by atoms with Crippen LogP contribution in [0, 0.1) is 11.6 Å². The SMILES string of the molecule is O=C(NCC(O)c1c(F)cccc1F)Nc1ccc2c(c1)CCC2. The van der Waals surface area contributed by atoms with E-state index in [9.17, 15) is 18.7 Å². The van der Waals surface area contributed by atoms with Crippen LogP contribution in [0.1, 0.15) is 29.2 Å². The molecule has 2 aromatic carbocycles. The van der Waals surface area contributed by atoms with Gasteiger partial charge < -0.3 is 15.7 Å². The van der Waals surface area contributed by atoms with Crippen LogP contribution < -0.4 is 10.6 Å². The number of anilines is 1. The summed E-state index contributed by atoms with van der Waals surface area (Å²) in [6.45, 7) is -0.297. The summed E-state index contributed by atoms with van der Waals surface area (Å²) in [7, 11) is 0. The fourth-order valence-corrected chi connectivity index (χ4v) is 2.95. The molecule has 0 aliphatic heterocycles. The average molecular weight is 332 g/mol. The molecule has 1 aliphatic carbocycles. The van der Waals surface area contributed by atoms with Crippen LogP contribution in [-0.4, -0.2) is 17.7 Å². The minimum Gasteiger partial charge on any atom is -0.386 e. The standard InChI is InChI=1S/C18H18F2N2O2/c19-14-5-2-6-15(20)17(14)16(23)10-21-18(24)22-13-8-7-11-3-1-4-12(11)9-13/h2,5-9,16,23H,1,3-4,10H2,(H2,21,22,24). The number of aliphatic hydroxyl groups excluding tert-OH is 1. The number of halogens is 2. The van der Waals surface area contributed by atoms with Gasteiger partial charge in [0, 0.05) is 12.2 Å². The number of benzene rings is 2. The van der Waals surface area contributed by atoms with Gasteiger partial charge in [0.2, 0.25) is 0 Å². The van der Waals surface area contributed by atoms with E-state index < -0.39 is 29.3 Å². The Labute approximate surface area is 138 Å². The van der Waals surface area contributed by atoms with Crippen LogP contribution in [0.5, 0.6) is 0 Å². The fourth-order valence-electron chi connectivity index (χ4n) is 2.95. The van der Waals surface area contributed by atoms with E-state index in [0.717, 1.165) is 31.4 Å². The molecule has 0 bridgehead atoms. The monoisotopic (exact) mass is 332 g/mol. The highest BCUT2D eigenvalue weighted by atomic mass is 19.1. The molecule has 1 unspecified atom stereocenters. The number of urea groups is 1. The zero-order chi connectivity index (χ0) is 17.1. The minimum atomic E-state index is -1.46. The molecule has 3 N–H and O–H groups in total. The third-order valence-corrected chi connectivity index (χ3v) is 4.15. The number of fused-ring (bicyclic) bond motifs is 1. The predicted molar refractivity (Wildman–Crippen MR) is 86.8 cm³/mol. The maximum Gasteiger partial charge on any atom is 0.319 e. The molecular weight excluding hydrogens is 314 g/mol. The number of aryl methyl sites for hydroxylation is 2. The molecule has 24 heavy (non-hydrogen) atoms. The molecule has 0 spiro atoms. The van der Waals surface area contributed by atoms with E-state index in [0.29, 0.717) is 5.69 Å². The highest BCUT2D eigenvalue weighted by Crippen LogP contribution is 2.25. The molecule has 0 heterocycles. The van der Waals surface area contributed by atoms with Gasteiger partial charge in [0.15, 0.2) is 0 Å². The first-order valence-electron chi connectivity index (χ1n) is 7.83. The van der Waals surface area contributed by atoms with Crippen LogP contribution >= 0.6 is 0 Å². The van der Waals surface area contributed by atoms with Crippen LogP contribution in [0.15, 0.2) is 36.4 Å². The Morgan fingerprint density at radius 3 is 2.58 bits per heavy atom. The highest BCUT2D eigenvalue weighted by molar-refractivity contribution is 5.89. The molecule has 0 saturated carbocycles. The van der Waals surface area contributed by atoms with Gasteiger partial charge in [-0.25, -0.2) is 13.6 Å². The predicted octanol–water partition coefficient (Wildman–Crippen LogP) is 3.31. The van der Waals surface area contributed by atoms with Gasteiger partial charge in [-0.2, -0.15) is 0 Å². The molecule has 3 rings (SSSR count). The van der Waals surface area contributed by atoms with Crippen LogP contribution in [0.4, 0.5) is 19.3 Å². The smallest absolute Gasteiger partial charge is 0.319 e. The molecule has 0 radical (unpaired) electrons. The van der Waals surface area contributed by atoms with E-state index in [-0.39, 0.29) is 6.54 Å². The zero-order valence-corrected chi connectivity index (χ0v) is 13.0. The van der Waals surface area contributed by atoms with E-state index >= 15 is 0 Å². The van der Waals surface area contributed by atoms with Gasteiger partial charge in [-0.3, -0.25) is 0 Å². The lowest BCUT2D eigenvalue weighted by molar-refractivity contribution is 0.166. The summed E-state index contributed by atoms with van der Waals surface area (Å²) in [6.07, 6.45) is 1.71. The lowest BCUT2D eigenvalue weighted by atomic mass is 10.1. The molecular formula is C18H18F2N2O2. The summed E-state index contributed by atoms with van der Waals surface area (Å²) in [6, 6.07) is 8.53. The van der Waals surface area contributed by atoms with Crippen LogP contribution in [0.3, 0.4) is 0 Å². The van der Waals surface area contributed by atoms with Crippen molar-refractivity contribution in [2.75, 3.05) is 11.9 Å². The second-order valence-electron chi connectivity index (χ2n) is 5.82. The number of amides is 2. The maximum absolute atomic E-state index is 13.6. The summed E-state index contributed by atoms with van der Waals surface area (Å²) >= 11 is 0. The van der Waals surface area contributed by atoms with Crippen molar-refractivity contribution in [2.45, 2.75) is 25.4 Å². The van der Waals surface area contributed by atoms with Crippen molar-refractivity contribution < 1.29 is 18.7 Å². The summed E-state index contributed by atoms with van der Waals surface area (Å²) in [5.74, 6) is -1.69. The van der Waals surface area contributed by atoms with E-state index in [1.165, 1.54) is 17.2 Å². The van der Waals surface area contributed by atoms with Gasteiger partial charge in [-0.1, -0.05) is 12.1 Å². The van der Waals surface area contributed by atoms with Crippen LogP contribution in [0.2, 0.25) is 0 Å². The first kappa shape index (κ1) is 16.4. The van der Waals surface area contributed by atoms with E-state index in [1.807, 2.05) is 18.2 Å². The summed E-state index contributed by atoms with van der Waals surface area (Å²) in [5, 5.41) is 15.0. The molecule has 0 saturated heterocycles. The molecule has 2 aromatic rings. The van der Waals surface area contributed by atoms with Crippen molar-refractivity contribution in [3.05, 3.63) is 64.7 Å². The Morgan fingerprint density at radius 1 is 1.12 bits per heavy atom. The van der Waals surface area contributed by atoms with Crippen molar-refractivity contribution in [1.82, 2.24) is 5.32 Å². The number of hydrogen-bond acceptors (Lipinski definition) is 2. The number of aliphatic hydroxyl groups is 1. The first-order valence-corrected chi connectivity index (χ1v) is 7.83. The van der Waals surface area contributed by atoms with Crippen molar-refractivity contribution >= 4 is 11.7 Å². The van der Waals surface area contributed by atoms with Gasteiger partial charge in [-0.15, -0.1) is 0 Å². The zero-order valence-electron chi connectivity index (χ0n) is 13.0. The largest absolute Gasteiger partial charge is 0.386 e. The molecule has 4 nitrogen and oxygen atoms in total. The lowest BCUT2D eigenvalue weighted by Crippen LogP contribution is -2.32. The number of carbonyl (C=O) groups excluding carboxylic acids is 1. The van der Waals surface area contributed by atoms with Crippen LogP contribution in [-0.2, 0) is 12.8 Å². The molecule has 1 aliphatic rings. The summed E-state index contributed by atoms with van der Waals surface area (Å²) < 4.78 is 27.1. The Morgan fingerprint density at radius 2 is 1.83 bits per heavy atom. The fraction of sp³-hybridized carbons (Fsp3) is 0.278. The van der Waals surface area contributed by atoms with E-state index in [1.54, 1.807) is 0 Å². The van der Waals surface area contributed by atoms with Gasteiger partial charge >= 0.3 is 6.03 Å². The molecule has 2 amide bonds.